The lowest BCUT2D eigenvalue weighted by Gasteiger charge is -2.46. The molecule has 0 heterocycles. The third-order valence-electron chi connectivity index (χ3n) is 3.99. The number of carbonyl (C=O) groups is 1. The zero-order valence-corrected chi connectivity index (χ0v) is 9.31. The lowest BCUT2D eigenvalue weighted by Crippen LogP contribution is -2.39. The molecule has 1 fully saturated rings. The molecule has 1 aromatic rings. The van der Waals surface area contributed by atoms with Crippen molar-refractivity contribution in [2.24, 2.45) is 0 Å². The van der Waals surface area contributed by atoms with Crippen LogP contribution in [0, 0.1) is 0 Å². The number of benzene rings is 1. The molecule has 2 aliphatic rings. The van der Waals surface area contributed by atoms with Crippen molar-refractivity contribution >= 4 is 17.4 Å². The molecule has 1 nitrogen and oxygen atoms in total. The van der Waals surface area contributed by atoms with Crippen LogP contribution in [-0.4, -0.2) is 5.78 Å². The molecule has 0 N–H and O–H groups in total. The largest absolute Gasteiger partial charge is 0.294 e. The Labute approximate surface area is 94.4 Å². The van der Waals surface area contributed by atoms with Gasteiger partial charge in [-0.1, -0.05) is 18.0 Å². The topological polar surface area (TPSA) is 17.1 Å². The molecule has 2 aliphatic carbocycles. The maximum Gasteiger partial charge on any atom is 0.163 e. The summed E-state index contributed by atoms with van der Waals surface area (Å²) in [5.74, 6) is 0.291. The molecule has 2 heteroatoms. The summed E-state index contributed by atoms with van der Waals surface area (Å²) in [4.78, 5) is 11.8. The number of hydrogen-bond donors (Lipinski definition) is 0. The van der Waals surface area contributed by atoms with Gasteiger partial charge in [0.1, 0.15) is 0 Å². The van der Waals surface area contributed by atoms with Crippen LogP contribution >= 0.6 is 11.6 Å². The van der Waals surface area contributed by atoms with Gasteiger partial charge in [-0.2, -0.15) is 0 Å². The summed E-state index contributed by atoms with van der Waals surface area (Å²) in [6.07, 6.45) is 5.50. The molecule has 1 saturated carbocycles. The van der Waals surface area contributed by atoms with E-state index in [1.165, 1.54) is 24.8 Å². The van der Waals surface area contributed by atoms with Gasteiger partial charge in [0.2, 0.25) is 0 Å². The Morgan fingerprint density at radius 2 is 2.00 bits per heavy atom. The van der Waals surface area contributed by atoms with Crippen LogP contribution < -0.4 is 0 Å². The number of ketones is 1. The number of rotatable bonds is 0. The maximum atomic E-state index is 11.8. The van der Waals surface area contributed by atoms with Gasteiger partial charge in [-0.3, -0.25) is 4.79 Å². The average Bonchev–Trinajstić information content (AvgIpc) is 2.15. The molecule has 1 spiro atoms. The Morgan fingerprint density at radius 3 is 2.67 bits per heavy atom. The van der Waals surface area contributed by atoms with Crippen molar-refractivity contribution in [3.05, 3.63) is 34.3 Å². The third kappa shape index (κ3) is 1.26. The minimum absolute atomic E-state index is 0.291. The molecule has 0 atom stereocenters. The quantitative estimate of drug-likeness (QED) is 0.651. The molecule has 0 radical (unpaired) electrons. The van der Waals surface area contributed by atoms with Crippen LogP contribution in [0.4, 0.5) is 0 Å². The van der Waals surface area contributed by atoms with Crippen molar-refractivity contribution in [2.75, 3.05) is 0 Å². The number of halogens is 1. The standard InChI is InChI=1S/C13H13ClO/c14-9-2-3-10-11(8-9)13(5-1-6-13)7-4-12(10)15/h2-3,8H,1,4-7H2. The first-order valence-corrected chi connectivity index (χ1v) is 5.92. The van der Waals surface area contributed by atoms with Crippen molar-refractivity contribution in [1.29, 1.82) is 0 Å². The number of fused-ring (bicyclic) bond motifs is 2. The second-order valence-electron chi connectivity index (χ2n) is 4.75. The first-order valence-electron chi connectivity index (χ1n) is 5.55. The van der Waals surface area contributed by atoms with Gasteiger partial charge in [0, 0.05) is 17.0 Å². The van der Waals surface area contributed by atoms with E-state index in [9.17, 15) is 4.79 Å². The molecule has 0 amide bonds. The number of carbonyl (C=O) groups excluding carboxylic acids is 1. The lowest BCUT2D eigenvalue weighted by molar-refractivity contribution is 0.0920. The van der Waals surface area contributed by atoms with E-state index in [1.54, 1.807) is 0 Å². The van der Waals surface area contributed by atoms with Crippen LogP contribution in [0.2, 0.25) is 5.02 Å². The van der Waals surface area contributed by atoms with Gasteiger partial charge in [-0.25, -0.2) is 0 Å². The second-order valence-corrected chi connectivity index (χ2v) is 5.18. The number of hydrogen-bond acceptors (Lipinski definition) is 1. The van der Waals surface area contributed by atoms with Crippen molar-refractivity contribution in [2.45, 2.75) is 37.5 Å². The highest BCUT2D eigenvalue weighted by Gasteiger charge is 2.43. The van der Waals surface area contributed by atoms with Crippen LogP contribution in [0.1, 0.15) is 48.0 Å². The van der Waals surface area contributed by atoms with Gasteiger partial charge < -0.3 is 0 Å². The van der Waals surface area contributed by atoms with E-state index in [1.807, 2.05) is 18.2 Å². The van der Waals surface area contributed by atoms with Crippen molar-refractivity contribution in [3.63, 3.8) is 0 Å². The Balaban J connectivity index is 2.18. The van der Waals surface area contributed by atoms with E-state index in [4.69, 9.17) is 11.6 Å². The molecule has 15 heavy (non-hydrogen) atoms. The van der Waals surface area contributed by atoms with E-state index in [0.717, 1.165) is 17.0 Å². The summed E-state index contributed by atoms with van der Waals surface area (Å²) in [7, 11) is 0. The fourth-order valence-electron chi connectivity index (χ4n) is 2.94. The zero-order chi connectivity index (χ0) is 10.5. The highest BCUT2D eigenvalue weighted by atomic mass is 35.5. The Morgan fingerprint density at radius 1 is 1.20 bits per heavy atom. The summed E-state index contributed by atoms with van der Waals surface area (Å²) in [5, 5.41) is 0.759. The summed E-state index contributed by atoms with van der Waals surface area (Å²) in [5.41, 5.74) is 2.44. The predicted octanol–water partition coefficient (Wildman–Crippen LogP) is 3.74. The Kier molecular flexibility index (Phi) is 1.93. The second kappa shape index (κ2) is 3.08. The van der Waals surface area contributed by atoms with Crippen LogP contribution in [0.15, 0.2) is 18.2 Å². The fourth-order valence-corrected chi connectivity index (χ4v) is 3.12. The van der Waals surface area contributed by atoms with E-state index >= 15 is 0 Å². The summed E-state index contributed by atoms with van der Waals surface area (Å²) in [6.45, 7) is 0. The molecule has 0 aliphatic heterocycles. The number of Topliss-reactive ketones (excluding diaryl/α,β-unsaturated/α-hetero) is 1. The van der Waals surface area contributed by atoms with Crippen molar-refractivity contribution in [3.8, 4) is 0 Å². The average molecular weight is 221 g/mol. The van der Waals surface area contributed by atoms with Crippen LogP contribution in [0.25, 0.3) is 0 Å². The summed E-state index contributed by atoms with van der Waals surface area (Å²) in [6, 6.07) is 5.74. The van der Waals surface area contributed by atoms with Gasteiger partial charge in [0.05, 0.1) is 0 Å². The molecule has 0 saturated heterocycles. The summed E-state index contributed by atoms with van der Waals surface area (Å²) >= 11 is 6.02. The molecule has 3 rings (SSSR count). The monoisotopic (exact) mass is 220 g/mol. The molecular formula is C13H13ClO. The highest BCUT2D eigenvalue weighted by molar-refractivity contribution is 6.30. The minimum atomic E-state index is 0.291. The molecule has 0 unspecified atom stereocenters. The third-order valence-corrected chi connectivity index (χ3v) is 4.23. The Bertz CT molecular complexity index is 432. The molecule has 0 bridgehead atoms. The molecule has 1 aromatic carbocycles. The van der Waals surface area contributed by atoms with Crippen LogP contribution in [0.5, 0.6) is 0 Å². The predicted molar refractivity (Wildman–Crippen MR) is 60.5 cm³/mol. The SMILES string of the molecule is O=C1CCC2(CCC2)c2cc(Cl)ccc21. The van der Waals surface area contributed by atoms with Gasteiger partial charge >= 0.3 is 0 Å². The van der Waals surface area contributed by atoms with Crippen LogP contribution in [-0.2, 0) is 5.41 Å². The highest BCUT2D eigenvalue weighted by Crippen LogP contribution is 2.51. The first-order chi connectivity index (χ1) is 7.21. The van der Waals surface area contributed by atoms with Crippen molar-refractivity contribution in [1.82, 2.24) is 0 Å². The molecule has 78 valence electrons. The van der Waals surface area contributed by atoms with Gasteiger partial charge in [0.15, 0.2) is 5.78 Å². The van der Waals surface area contributed by atoms with Gasteiger partial charge in [-0.15, -0.1) is 0 Å². The minimum Gasteiger partial charge on any atom is -0.294 e. The first kappa shape index (κ1) is 9.41. The van der Waals surface area contributed by atoms with Gasteiger partial charge in [0.25, 0.3) is 0 Å². The Hall–Kier alpha value is -0.820. The summed E-state index contributed by atoms with van der Waals surface area (Å²) < 4.78 is 0. The van der Waals surface area contributed by atoms with Crippen molar-refractivity contribution < 1.29 is 4.79 Å². The van der Waals surface area contributed by atoms with Gasteiger partial charge in [-0.05, 0) is 48.4 Å². The lowest BCUT2D eigenvalue weighted by atomic mass is 9.58. The van der Waals surface area contributed by atoms with E-state index in [2.05, 4.69) is 0 Å². The molecular weight excluding hydrogens is 208 g/mol. The van der Waals surface area contributed by atoms with Crippen LogP contribution in [0.3, 0.4) is 0 Å². The van der Waals surface area contributed by atoms with E-state index in [0.29, 0.717) is 17.6 Å². The zero-order valence-electron chi connectivity index (χ0n) is 8.55. The fraction of sp³-hybridized carbons (Fsp3) is 0.462. The normalized spacial score (nSPS) is 22.3. The van der Waals surface area contributed by atoms with E-state index < -0.39 is 0 Å². The smallest absolute Gasteiger partial charge is 0.163 e. The maximum absolute atomic E-state index is 11.8. The van der Waals surface area contributed by atoms with E-state index in [-0.39, 0.29) is 0 Å². The molecule has 0 aromatic heterocycles.